The van der Waals surface area contributed by atoms with Crippen molar-refractivity contribution >= 4 is 41.5 Å². The van der Waals surface area contributed by atoms with E-state index in [9.17, 15) is 23.6 Å². The van der Waals surface area contributed by atoms with Gasteiger partial charge in [0.2, 0.25) is 5.91 Å². The molecule has 0 aromatic heterocycles. The summed E-state index contributed by atoms with van der Waals surface area (Å²) in [5.41, 5.74) is 1.92. The summed E-state index contributed by atoms with van der Waals surface area (Å²) in [5, 5.41) is 9.76. The Morgan fingerprint density at radius 2 is 1.51 bits per heavy atom. The van der Waals surface area contributed by atoms with Crippen LogP contribution in [-0.4, -0.2) is 140 Å². The first-order valence-corrected chi connectivity index (χ1v) is 23.8. The fourth-order valence-electron chi connectivity index (χ4n) is 8.09. The van der Waals surface area contributed by atoms with E-state index in [0.717, 1.165) is 36.4 Å². The van der Waals surface area contributed by atoms with Gasteiger partial charge in [-0.3, -0.25) is 9.69 Å². The predicted molar refractivity (Wildman–Crippen MR) is 258 cm³/mol. The Morgan fingerprint density at radius 3 is 2.18 bits per heavy atom. The van der Waals surface area contributed by atoms with Crippen LogP contribution in [0.5, 0.6) is 5.75 Å². The summed E-state index contributed by atoms with van der Waals surface area (Å²) in [6.07, 6.45) is 0.382. The second kappa shape index (κ2) is 25.2. The minimum atomic E-state index is -0.773. The van der Waals surface area contributed by atoms with Crippen molar-refractivity contribution in [3.8, 4) is 5.75 Å². The average molecular weight is 953 g/mol. The van der Waals surface area contributed by atoms with Gasteiger partial charge in [-0.15, -0.1) is 0 Å². The maximum Gasteiger partial charge on any atom is 0.410 e. The van der Waals surface area contributed by atoms with Crippen LogP contribution < -0.4 is 20.7 Å². The van der Waals surface area contributed by atoms with Crippen LogP contribution >= 0.6 is 11.6 Å². The maximum absolute atomic E-state index is 14.9. The summed E-state index contributed by atoms with van der Waals surface area (Å²) in [5.74, 6) is -0.0523. The lowest BCUT2D eigenvalue weighted by molar-refractivity contribution is -0.137. The van der Waals surface area contributed by atoms with Gasteiger partial charge >= 0.3 is 18.3 Å². The number of carbonyl (C=O) groups is 4. The van der Waals surface area contributed by atoms with Gasteiger partial charge in [-0.1, -0.05) is 48.0 Å². The van der Waals surface area contributed by atoms with E-state index >= 15 is 0 Å². The lowest BCUT2D eigenvalue weighted by atomic mass is 9.88. The number of carbonyl (C=O) groups excluding carboxylic acids is 4. The Morgan fingerprint density at radius 1 is 0.821 bits per heavy atom. The molecule has 17 heteroatoms. The number of alkyl carbamates (subject to hydrolysis) is 2. The molecule has 2 aliphatic rings. The molecule has 0 spiro atoms. The van der Waals surface area contributed by atoms with Gasteiger partial charge in [-0.25, -0.2) is 18.8 Å². The topological polar surface area (TPSA) is 154 Å². The predicted octanol–water partition coefficient (Wildman–Crippen LogP) is 7.95. The van der Waals surface area contributed by atoms with E-state index in [1.165, 1.54) is 6.07 Å². The van der Waals surface area contributed by atoms with Gasteiger partial charge in [0.25, 0.3) is 0 Å². The lowest BCUT2D eigenvalue weighted by Gasteiger charge is -2.40. The van der Waals surface area contributed by atoms with Crippen molar-refractivity contribution in [2.75, 3.05) is 83.9 Å². The van der Waals surface area contributed by atoms with Crippen LogP contribution in [0.2, 0.25) is 5.02 Å². The van der Waals surface area contributed by atoms with Crippen LogP contribution in [0.1, 0.15) is 78.0 Å². The highest BCUT2D eigenvalue weighted by Gasteiger charge is 2.37. The number of rotatable bonds is 19. The molecular formula is C50H71ClFN7O8. The number of nitrogens with zero attached hydrogens (tertiary/aromatic N) is 4. The van der Waals surface area contributed by atoms with Crippen molar-refractivity contribution in [2.45, 2.75) is 98.1 Å². The molecule has 0 bridgehead atoms. The smallest absolute Gasteiger partial charge is 0.410 e. The lowest BCUT2D eigenvalue weighted by Crippen LogP contribution is -2.58. The molecule has 0 unspecified atom stereocenters. The van der Waals surface area contributed by atoms with Crippen LogP contribution in [0.4, 0.5) is 24.5 Å². The number of hydrogen-bond acceptors (Lipinski definition) is 11. The molecule has 0 radical (unpaired) electrons. The van der Waals surface area contributed by atoms with Gasteiger partial charge < -0.3 is 49.6 Å². The second-order valence-corrected chi connectivity index (χ2v) is 19.4. The minimum Gasteiger partial charge on any atom is -0.493 e. The molecule has 2 saturated heterocycles. The zero-order chi connectivity index (χ0) is 48.6. The molecule has 3 aromatic carbocycles. The van der Waals surface area contributed by atoms with Gasteiger partial charge in [0, 0.05) is 81.7 Å². The van der Waals surface area contributed by atoms with Gasteiger partial charge in [0.05, 0.1) is 6.61 Å². The van der Waals surface area contributed by atoms with Crippen LogP contribution in [0, 0.1) is 11.7 Å². The highest BCUT2D eigenvalue weighted by Crippen LogP contribution is 2.27. The Bertz CT molecular complexity index is 2070. The van der Waals surface area contributed by atoms with Crippen LogP contribution in [-0.2, 0) is 38.6 Å². The van der Waals surface area contributed by atoms with E-state index in [1.54, 1.807) is 42.7 Å². The van der Waals surface area contributed by atoms with E-state index in [-0.39, 0.29) is 37.3 Å². The molecule has 3 N–H and O–H groups in total. The maximum atomic E-state index is 14.9. The average Bonchev–Trinajstić information content (AvgIpc) is 3.27. The van der Waals surface area contributed by atoms with Gasteiger partial charge in [-0.2, -0.15) is 0 Å². The molecule has 4 amide bonds. The standard InChI is InChI=1S/C50H71ClFN7O8/c1-8-64-43-16-12-15-41(52)40(43)34-57-29-31-58(32-30-57)45(60)44(55-47(62)65-35-36-13-10-9-11-14-36)37-19-24-56(25-20-37)26-21-38-33-39(51)17-18-42(38)53-22-27-59(48(63)67-50(5,6)7)28-23-54-46(61)66-49(2,3)4/h9-18,33,37,44,53H,8,19-32,34-35H2,1-7H3,(H,54,61)(H,55,62)/t44-/m1/s1. The quantitative estimate of drug-likeness (QED) is 0.100. The number of likely N-dealkylation sites (tertiary alicyclic amines) is 1. The molecule has 368 valence electrons. The van der Waals surface area contributed by atoms with Crippen molar-refractivity contribution in [2.24, 2.45) is 5.92 Å². The van der Waals surface area contributed by atoms with Gasteiger partial charge in [0.15, 0.2) is 0 Å². The SMILES string of the molecule is CCOc1cccc(F)c1CN1CCN(C(=O)[C@H](NC(=O)OCc2ccccc2)C2CCN(CCc3cc(Cl)ccc3NCCN(CCNC(=O)OC(C)(C)C)C(=O)OC(C)(C)C)CC2)CC1. The number of piperidine rings is 1. The third-order valence-corrected chi connectivity index (χ3v) is 11.7. The fourth-order valence-corrected chi connectivity index (χ4v) is 8.28. The molecule has 67 heavy (non-hydrogen) atoms. The summed E-state index contributed by atoms with van der Waals surface area (Å²) in [6.45, 7) is 18.8. The van der Waals surface area contributed by atoms with Crippen molar-refractivity contribution in [3.63, 3.8) is 0 Å². The third kappa shape index (κ3) is 17.7. The van der Waals surface area contributed by atoms with Crippen LogP contribution in [0.15, 0.2) is 66.7 Å². The van der Waals surface area contributed by atoms with Crippen LogP contribution in [0.3, 0.4) is 0 Å². The summed E-state index contributed by atoms with van der Waals surface area (Å²) in [4.78, 5) is 60.9. The van der Waals surface area contributed by atoms with E-state index in [1.807, 2.05) is 76.2 Å². The Balaban J connectivity index is 1.17. The number of piperazine rings is 1. The first kappa shape index (κ1) is 52.6. The highest BCUT2D eigenvalue weighted by atomic mass is 35.5. The van der Waals surface area contributed by atoms with E-state index in [4.69, 9.17) is 30.5 Å². The van der Waals surface area contributed by atoms with Crippen LogP contribution in [0.25, 0.3) is 0 Å². The largest absolute Gasteiger partial charge is 0.493 e. The number of hydrogen-bond donors (Lipinski definition) is 3. The van der Waals surface area contributed by atoms with Crippen molar-refractivity contribution in [3.05, 3.63) is 94.3 Å². The molecule has 3 aromatic rings. The molecule has 0 saturated carbocycles. The fraction of sp³-hybridized carbons (Fsp3) is 0.560. The third-order valence-electron chi connectivity index (χ3n) is 11.5. The summed E-state index contributed by atoms with van der Waals surface area (Å²) < 4.78 is 37.2. The Hall–Kier alpha value is -5.32. The first-order valence-electron chi connectivity index (χ1n) is 23.5. The highest BCUT2D eigenvalue weighted by molar-refractivity contribution is 6.30. The van der Waals surface area contributed by atoms with Gasteiger partial charge in [0.1, 0.15) is 35.4 Å². The number of amides is 4. The Kier molecular flexibility index (Phi) is 19.8. The van der Waals surface area contributed by atoms with E-state index in [0.29, 0.717) is 88.0 Å². The van der Waals surface area contributed by atoms with Gasteiger partial charge in [-0.05, 0) is 128 Å². The summed E-state index contributed by atoms with van der Waals surface area (Å²) >= 11 is 6.50. The number of nitrogens with one attached hydrogen (secondary N) is 3. The monoisotopic (exact) mass is 952 g/mol. The normalized spacial score (nSPS) is 15.6. The molecule has 15 nitrogen and oxygen atoms in total. The summed E-state index contributed by atoms with van der Waals surface area (Å²) in [7, 11) is 0. The molecule has 1 atom stereocenters. The second-order valence-electron chi connectivity index (χ2n) is 19.0. The van der Waals surface area contributed by atoms with Crippen molar-refractivity contribution in [1.82, 2.24) is 30.2 Å². The van der Waals surface area contributed by atoms with Crippen molar-refractivity contribution in [1.29, 1.82) is 0 Å². The Labute approximate surface area is 400 Å². The first-order chi connectivity index (χ1) is 31.9. The number of anilines is 1. The van der Waals surface area contributed by atoms with E-state index in [2.05, 4.69) is 25.8 Å². The van der Waals surface area contributed by atoms with E-state index < -0.39 is 35.5 Å². The molecule has 5 rings (SSSR count). The number of benzene rings is 3. The zero-order valence-corrected chi connectivity index (χ0v) is 41.1. The summed E-state index contributed by atoms with van der Waals surface area (Å²) in [6, 6.07) is 19.2. The molecule has 2 fully saturated rings. The van der Waals surface area contributed by atoms with Crippen molar-refractivity contribution < 1.29 is 42.5 Å². The number of ether oxygens (including phenoxy) is 4. The zero-order valence-electron chi connectivity index (χ0n) is 40.3. The minimum absolute atomic E-state index is 0.0835. The molecular weight excluding hydrogens is 881 g/mol. The molecule has 2 heterocycles. The number of halogens is 2. The molecule has 0 aliphatic carbocycles. The molecule has 2 aliphatic heterocycles.